The monoisotopic (exact) mass is 453 g/mol. The van der Waals surface area contributed by atoms with Gasteiger partial charge in [-0.3, -0.25) is 4.99 Å². The van der Waals surface area contributed by atoms with Gasteiger partial charge in [-0.15, -0.1) is 0 Å². The minimum Gasteiger partial charge on any atom is -0.489 e. The van der Waals surface area contributed by atoms with E-state index >= 15 is 0 Å². The third kappa shape index (κ3) is 5.66. The summed E-state index contributed by atoms with van der Waals surface area (Å²) in [5, 5.41) is 9.67. The van der Waals surface area contributed by atoms with Crippen molar-refractivity contribution < 1.29 is 9.47 Å². The van der Waals surface area contributed by atoms with Crippen molar-refractivity contribution in [1.82, 2.24) is 9.97 Å². The number of aliphatic imine (C=N–C) groups is 1. The second-order valence-corrected chi connectivity index (χ2v) is 7.99. The van der Waals surface area contributed by atoms with Gasteiger partial charge in [0, 0.05) is 56.1 Å². The summed E-state index contributed by atoms with van der Waals surface area (Å²) in [4.78, 5) is 13.2. The number of hydrogen-bond donors (Lipinski definition) is 1. The van der Waals surface area contributed by atoms with E-state index in [9.17, 15) is 5.26 Å². The zero-order chi connectivity index (χ0) is 23.8. The zero-order valence-corrected chi connectivity index (χ0v) is 19.1. The van der Waals surface area contributed by atoms with Crippen molar-refractivity contribution >= 4 is 11.8 Å². The predicted molar refractivity (Wildman–Crippen MR) is 132 cm³/mol. The lowest BCUT2D eigenvalue weighted by Gasteiger charge is -2.23. The molecule has 1 aliphatic heterocycles. The van der Waals surface area contributed by atoms with E-state index in [-0.39, 0.29) is 6.10 Å². The minimum atomic E-state index is 0.0782. The van der Waals surface area contributed by atoms with Crippen molar-refractivity contribution in [2.24, 2.45) is 10.7 Å². The second-order valence-electron chi connectivity index (χ2n) is 7.99. The van der Waals surface area contributed by atoms with Crippen LogP contribution in [0.3, 0.4) is 0 Å². The topological polar surface area (TPSA) is 106 Å². The molecule has 3 aromatic rings. The summed E-state index contributed by atoms with van der Waals surface area (Å²) < 4.78 is 11.4. The van der Waals surface area contributed by atoms with Gasteiger partial charge in [0.1, 0.15) is 23.7 Å². The maximum atomic E-state index is 9.67. The highest BCUT2D eigenvalue weighted by Crippen LogP contribution is 2.27. The number of benzene rings is 2. The fourth-order valence-electron chi connectivity index (χ4n) is 3.85. The van der Waals surface area contributed by atoms with Gasteiger partial charge in [-0.1, -0.05) is 24.3 Å². The number of allylic oxidation sites excluding steroid dienone is 1. The Kier molecular flexibility index (Phi) is 7.63. The van der Waals surface area contributed by atoms with Crippen LogP contribution >= 0.6 is 0 Å². The molecule has 0 saturated carbocycles. The number of rotatable bonds is 7. The van der Waals surface area contributed by atoms with Gasteiger partial charge in [0.15, 0.2) is 0 Å². The van der Waals surface area contributed by atoms with E-state index in [0.717, 1.165) is 40.8 Å². The van der Waals surface area contributed by atoms with Crippen LogP contribution in [0.2, 0.25) is 0 Å². The van der Waals surface area contributed by atoms with Crippen molar-refractivity contribution in [1.29, 1.82) is 5.26 Å². The molecule has 1 aromatic heterocycles. The molecule has 7 nitrogen and oxygen atoms in total. The minimum absolute atomic E-state index is 0.0782. The molecule has 0 atom stereocenters. The highest BCUT2D eigenvalue weighted by molar-refractivity contribution is 6.09. The van der Waals surface area contributed by atoms with E-state index in [1.807, 2.05) is 48.5 Å². The van der Waals surface area contributed by atoms with Crippen molar-refractivity contribution in [3.63, 3.8) is 0 Å². The molecule has 2 aromatic carbocycles. The van der Waals surface area contributed by atoms with E-state index in [1.54, 1.807) is 25.7 Å². The molecule has 0 aliphatic carbocycles. The van der Waals surface area contributed by atoms with Crippen LogP contribution in [0.1, 0.15) is 35.4 Å². The van der Waals surface area contributed by atoms with Gasteiger partial charge >= 0.3 is 0 Å². The second kappa shape index (κ2) is 11.2. The molecule has 172 valence electrons. The summed E-state index contributed by atoms with van der Waals surface area (Å²) >= 11 is 0. The van der Waals surface area contributed by atoms with Crippen LogP contribution in [0.5, 0.6) is 5.75 Å². The lowest BCUT2D eigenvalue weighted by atomic mass is 10.0. The number of nitriles is 1. The van der Waals surface area contributed by atoms with E-state index in [1.165, 1.54) is 0 Å². The summed E-state index contributed by atoms with van der Waals surface area (Å²) in [6.45, 7) is 1.38. The standard InChI is InChI=1S/C27H27N5O2/c1-30-18-23(17-29)20-4-2-19(3-5-20)14-27-31-11-8-25(32-27)21-6-7-26(22(15-21)16-28)34-24-9-12-33-13-10-24/h2-8,11,15,17-18,24H,9-10,12-14,29H2,1H3. The van der Waals surface area contributed by atoms with Gasteiger partial charge in [0.2, 0.25) is 0 Å². The van der Waals surface area contributed by atoms with Crippen LogP contribution in [0.4, 0.5) is 0 Å². The first-order valence-electron chi connectivity index (χ1n) is 11.2. The Balaban J connectivity index is 1.50. The van der Waals surface area contributed by atoms with Crippen molar-refractivity contribution in [3.05, 3.63) is 83.4 Å². The first-order valence-corrected chi connectivity index (χ1v) is 11.2. The lowest BCUT2D eigenvalue weighted by molar-refractivity contribution is 0.0254. The first-order chi connectivity index (χ1) is 16.7. The van der Waals surface area contributed by atoms with Crippen molar-refractivity contribution in [3.8, 4) is 23.1 Å². The van der Waals surface area contributed by atoms with Crippen molar-refractivity contribution in [2.45, 2.75) is 25.4 Å². The third-order valence-electron chi connectivity index (χ3n) is 5.66. The Hall–Kier alpha value is -4.02. The first kappa shape index (κ1) is 23.1. The molecule has 0 bridgehead atoms. The van der Waals surface area contributed by atoms with Crippen LogP contribution in [0.15, 0.2) is 65.9 Å². The molecule has 0 amide bonds. The van der Waals surface area contributed by atoms with Gasteiger partial charge < -0.3 is 15.2 Å². The molecule has 34 heavy (non-hydrogen) atoms. The van der Waals surface area contributed by atoms with Crippen LogP contribution in [0, 0.1) is 11.3 Å². The van der Waals surface area contributed by atoms with Crippen LogP contribution in [0.25, 0.3) is 16.8 Å². The molecule has 2 N–H and O–H groups in total. The molecule has 0 spiro atoms. The quantitative estimate of drug-likeness (QED) is 0.538. The highest BCUT2D eigenvalue weighted by Gasteiger charge is 2.17. The Morgan fingerprint density at radius 1 is 1.21 bits per heavy atom. The predicted octanol–water partition coefficient (Wildman–Crippen LogP) is 4.16. The fraction of sp³-hybridized carbons (Fsp3) is 0.259. The van der Waals surface area contributed by atoms with Gasteiger partial charge in [-0.05, 0) is 35.4 Å². The maximum Gasteiger partial charge on any atom is 0.137 e. The van der Waals surface area contributed by atoms with Gasteiger partial charge in [0.25, 0.3) is 0 Å². The summed E-state index contributed by atoms with van der Waals surface area (Å²) in [6, 6.07) is 17.8. The van der Waals surface area contributed by atoms with Gasteiger partial charge in [0.05, 0.1) is 24.5 Å². The molecular formula is C27H27N5O2. The molecular weight excluding hydrogens is 426 g/mol. The largest absolute Gasteiger partial charge is 0.489 e. The highest BCUT2D eigenvalue weighted by atomic mass is 16.5. The Bertz CT molecular complexity index is 1220. The molecule has 0 unspecified atom stereocenters. The molecule has 0 radical (unpaired) electrons. The Labute approximate surface area is 199 Å². The van der Waals surface area contributed by atoms with Crippen molar-refractivity contribution in [2.75, 3.05) is 20.3 Å². The fourth-order valence-corrected chi connectivity index (χ4v) is 3.85. The van der Waals surface area contributed by atoms with E-state index < -0.39 is 0 Å². The number of aromatic nitrogens is 2. The van der Waals surface area contributed by atoms with Gasteiger partial charge in [-0.2, -0.15) is 5.26 Å². The maximum absolute atomic E-state index is 9.67. The summed E-state index contributed by atoms with van der Waals surface area (Å²) in [5.41, 5.74) is 10.8. The van der Waals surface area contributed by atoms with E-state index in [2.05, 4.69) is 16.0 Å². The summed E-state index contributed by atoms with van der Waals surface area (Å²) in [7, 11) is 1.72. The third-order valence-corrected chi connectivity index (χ3v) is 5.66. The Morgan fingerprint density at radius 3 is 2.71 bits per heavy atom. The van der Waals surface area contributed by atoms with Crippen LogP contribution < -0.4 is 10.5 Å². The number of ether oxygens (including phenoxy) is 2. The molecule has 1 aliphatic rings. The lowest BCUT2D eigenvalue weighted by Crippen LogP contribution is -2.26. The van der Waals surface area contributed by atoms with E-state index in [4.69, 9.17) is 20.2 Å². The number of hydrogen-bond acceptors (Lipinski definition) is 7. The average Bonchev–Trinajstić information content (AvgIpc) is 2.89. The van der Waals surface area contributed by atoms with E-state index in [0.29, 0.717) is 36.8 Å². The molecule has 7 heteroatoms. The van der Waals surface area contributed by atoms with Crippen LogP contribution in [-0.2, 0) is 11.2 Å². The Morgan fingerprint density at radius 2 is 2.00 bits per heavy atom. The average molecular weight is 454 g/mol. The summed E-state index contributed by atoms with van der Waals surface area (Å²) in [5.74, 6) is 1.31. The molecule has 2 heterocycles. The molecule has 1 fully saturated rings. The normalized spacial score (nSPS) is 14.8. The number of nitrogens with two attached hydrogens (primary N) is 1. The molecule has 4 rings (SSSR count). The number of nitrogens with zero attached hydrogens (tertiary/aromatic N) is 4. The zero-order valence-electron chi connectivity index (χ0n) is 19.1. The SMILES string of the molecule is CN=CC(=CN)c1ccc(Cc2nccc(-c3ccc(OC4CCOCC4)c(C#N)c3)n2)cc1. The summed E-state index contributed by atoms with van der Waals surface area (Å²) in [6.07, 6.45) is 7.36. The van der Waals surface area contributed by atoms with Gasteiger partial charge in [-0.25, -0.2) is 9.97 Å². The smallest absolute Gasteiger partial charge is 0.137 e. The van der Waals surface area contributed by atoms with Crippen LogP contribution in [-0.4, -0.2) is 42.5 Å². The molecule has 1 saturated heterocycles.